The van der Waals surface area contributed by atoms with Gasteiger partial charge >= 0.3 is 0 Å². The van der Waals surface area contributed by atoms with Crippen molar-refractivity contribution in [2.75, 3.05) is 13.2 Å². The summed E-state index contributed by atoms with van der Waals surface area (Å²) in [6, 6.07) is 0. The van der Waals surface area contributed by atoms with E-state index in [0.717, 1.165) is 19.3 Å². The van der Waals surface area contributed by atoms with E-state index < -0.39 is 0 Å². The van der Waals surface area contributed by atoms with Gasteiger partial charge in [-0.25, -0.2) is 19.9 Å². The van der Waals surface area contributed by atoms with E-state index in [2.05, 4.69) is 19.9 Å². The smallest absolute Gasteiger partial charge is 0.232 e. The van der Waals surface area contributed by atoms with Crippen LogP contribution >= 0.6 is 0 Å². The molecule has 132 valence electrons. The third kappa shape index (κ3) is 6.13. The summed E-state index contributed by atoms with van der Waals surface area (Å²) in [5.41, 5.74) is 6.55. The van der Waals surface area contributed by atoms with Crippen LogP contribution in [-0.4, -0.2) is 44.7 Å². The molecule has 0 radical (unpaired) electrons. The van der Waals surface area contributed by atoms with Crippen molar-refractivity contribution in [3.8, 4) is 11.8 Å². The lowest BCUT2D eigenvalue weighted by molar-refractivity contribution is 0.268. The van der Waals surface area contributed by atoms with Crippen molar-refractivity contribution in [3.05, 3.63) is 36.2 Å². The molecule has 2 heterocycles. The second kappa shape index (κ2) is 9.26. The predicted octanol–water partition coefficient (Wildman–Crippen LogP) is 1.57. The Kier molecular flexibility index (Phi) is 6.76. The highest BCUT2D eigenvalue weighted by molar-refractivity contribution is 5.94. The number of hydrogen-bond donors (Lipinski definition) is 3. The van der Waals surface area contributed by atoms with Crippen LogP contribution in [0, 0.1) is 10.8 Å². The van der Waals surface area contributed by atoms with Crippen LogP contribution in [0.5, 0.6) is 11.8 Å². The van der Waals surface area contributed by atoms with Crippen LogP contribution in [-0.2, 0) is 0 Å². The Morgan fingerprint density at radius 2 is 1.36 bits per heavy atom. The van der Waals surface area contributed by atoms with Crippen molar-refractivity contribution in [1.29, 1.82) is 10.8 Å². The molecule has 0 unspecified atom stereocenters. The molecule has 0 aromatic carbocycles. The first-order chi connectivity index (χ1) is 12.1. The number of amidine groups is 1. The summed E-state index contributed by atoms with van der Waals surface area (Å²) >= 11 is 0. The topological polar surface area (TPSA) is 144 Å². The van der Waals surface area contributed by atoms with Crippen LogP contribution < -0.4 is 15.2 Å². The Morgan fingerprint density at radius 3 is 1.76 bits per heavy atom. The molecular weight excluding hydrogens is 322 g/mol. The molecule has 2 aromatic rings. The zero-order valence-electron chi connectivity index (χ0n) is 14.0. The summed E-state index contributed by atoms with van der Waals surface area (Å²) in [7, 11) is 0. The third-order valence-electron chi connectivity index (χ3n) is 3.21. The summed E-state index contributed by atoms with van der Waals surface area (Å²) in [5, 5.41) is 14.7. The molecule has 0 aliphatic carbocycles. The number of aromatic nitrogens is 4. The van der Waals surface area contributed by atoms with Gasteiger partial charge in [-0.3, -0.25) is 5.41 Å². The first-order valence-electron chi connectivity index (χ1n) is 7.86. The second-order valence-corrected chi connectivity index (χ2v) is 5.28. The van der Waals surface area contributed by atoms with Gasteiger partial charge in [0.1, 0.15) is 17.2 Å². The SMILES string of the molecule is CC(=N)c1cnc(OCCCCCOc2cnc(C(=N)N)cn2)cn1. The quantitative estimate of drug-likeness (QED) is 0.337. The lowest BCUT2D eigenvalue weighted by Crippen LogP contribution is -2.13. The van der Waals surface area contributed by atoms with Crippen molar-refractivity contribution in [1.82, 2.24) is 19.9 Å². The highest BCUT2D eigenvalue weighted by Crippen LogP contribution is 2.07. The second-order valence-electron chi connectivity index (χ2n) is 5.28. The molecule has 0 saturated carbocycles. The maximum Gasteiger partial charge on any atom is 0.232 e. The van der Waals surface area contributed by atoms with Crippen LogP contribution in [0.3, 0.4) is 0 Å². The van der Waals surface area contributed by atoms with Gasteiger partial charge in [0, 0.05) is 0 Å². The molecule has 2 rings (SSSR count). The highest BCUT2D eigenvalue weighted by Gasteiger charge is 2.02. The molecule has 9 nitrogen and oxygen atoms in total. The lowest BCUT2D eigenvalue weighted by atomic mass is 10.2. The van der Waals surface area contributed by atoms with Crippen molar-refractivity contribution in [2.45, 2.75) is 26.2 Å². The fourth-order valence-electron chi connectivity index (χ4n) is 1.85. The van der Waals surface area contributed by atoms with Gasteiger partial charge in [0.15, 0.2) is 0 Å². The van der Waals surface area contributed by atoms with Gasteiger partial charge in [-0.1, -0.05) is 0 Å². The van der Waals surface area contributed by atoms with Crippen molar-refractivity contribution in [2.24, 2.45) is 5.73 Å². The molecule has 0 aliphatic heterocycles. The van der Waals surface area contributed by atoms with Crippen LogP contribution in [0.4, 0.5) is 0 Å². The van der Waals surface area contributed by atoms with Crippen molar-refractivity contribution >= 4 is 11.5 Å². The average molecular weight is 343 g/mol. The molecule has 0 spiro atoms. The van der Waals surface area contributed by atoms with Gasteiger partial charge in [0.05, 0.1) is 43.7 Å². The lowest BCUT2D eigenvalue weighted by Gasteiger charge is -2.07. The summed E-state index contributed by atoms with van der Waals surface area (Å²) in [5.74, 6) is 0.756. The normalized spacial score (nSPS) is 10.3. The van der Waals surface area contributed by atoms with Crippen LogP contribution in [0.2, 0.25) is 0 Å². The van der Waals surface area contributed by atoms with Crippen LogP contribution in [0.25, 0.3) is 0 Å². The monoisotopic (exact) mass is 343 g/mol. The number of rotatable bonds is 10. The Balaban J connectivity index is 1.57. The molecule has 0 bridgehead atoms. The van der Waals surface area contributed by atoms with Gasteiger partial charge in [-0.2, -0.15) is 0 Å². The first-order valence-corrected chi connectivity index (χ1v) is 7.86. The van der Waals surface area contributed by atoms with Crippen molar-refractivity contribution < 1.29 is 9.47 Å². The number of nitrogens with two attached hydrogens (primary N) is 1. The number of nitrogens with zero attached hydrogens (tertiary/aromatic N) is 4. The number of nitrogen functional groups attached to an aromatic ring is 1. The summed E-state index contributed by atoms with van der Waals surface area (Å²) in [4.78, 5) is 16.2. The Morgan fingerprint density at radius 1 is 0.840 bits per heavy atom. The van der Waals surface area contributed by atoms with Gasteiger partial charge in [0.2, 0.25) is 11.8 Å². The largest absolute Gasteiger partial charge is 0.477 e. The summed E-state index contributed by atoms with van der Waals surface area (Å²) in [6.07, 6.45) is 8.59. The number of ether oxygens (including phenoxy) is 2. The molecule has 2 aromatic heterocycles. The third-order valence-corrected chi connectivity index (χ3v) is 3.21. The molecular formula is C16H21N7O2. The van der Waals surface area contributed by atoms with E-state index in [1.54, 1.807) is 6.92 Å². The number of unbranched alkanes of at least 4 members (excludes halogenated alkanes) is 2. The highest BCUT2D eigenvalue weighted by atomic mass is 16.5. The summed E-state index contributed by atoms with van der Waals surface area (Å²) in [6.45, 7) is 2.74. The molecule has 25 heavy (non-hydrogen) atoms. The fourth-order valence-corrected chi connectivity index (χ4v) is 1.85. The molecule has 0 atom stereocenters. The molecule has 0 fully saturated rings. The zero-order valence-corrected chi connectivity index (χ0v) is 14.0. The molecule has 0 saturated heterocycles. The van der Waals surface area contributed by atoms with Gasteiger partial charge in [-0.15, -0.1) is 0 Å². The van der Waals surface area contributed by atoms with E-state index in [1.807, 2.05) is 0 Å². The molecule has 4 N–H and O–H groups in total. The van der Waals surface area contributed by atoms with Crippen LogP contribution in [0.1, 0.15) is 37.6 Å². The molecule has 0 amide bonds. The van der Waals surface area contributed by atoms with E-state index in [9.17, 15) is 0 Å². The average Bonchev–Trinajstić information content (AvgIpc) is 2.61. The van der Waals surface area contributed by atoms with E-state index in [4.69, 9.17) is 26.0 Å². The van der Waals surface area contributed by atoms with E-state index >= 15 is 0 Å². The maximum atomic E-state index is 7.45. The minimum Gasteiger partial charge on any atom is -0.477 e. The van der Waals surface area contributed by atoms with E-state index in [1.165, 1.54) is 24.8 Å². The Hall–Kier alpha value is -3.10. The molecule has 0 aliphatic rings. The van der Waals surface area contributed by atoms with E-state index in [-0.39, 0.29) is 5.84 Å². The Labute approximate surface area is 145 Å². The van der Waals surface area contributed by atoms with Crippen molar-refractivity contribution in [3.63, 3.8) is 0 Å². The van der Waals surface area contributed by atoms with Gasteiger partial charge in [0.25, 0.3) is 0 Å². The standard InChI is InChI=1S/C16H21N7O2/c1-11(17)12-7-22-14(9-20-12)24-5-3-2-4-6-25-15-10-21-13(8-23-15)16(18)19/h7-10,17H,2-6H2,1H3,(H3,18,19). The minimum atomic E-state index is -0.119. The van der Waals surface area contributed by atoms with Crippen LogP contribution in [0.15, 0.2) is 24.8 Å². The molecule has 9 heteroatoms. The predicted molar refractivity (Wildman–Crippen MR) is 92.4 cm³/mol. The minimum absolute atomic E-state index is 0.119. The van der Waals surface area contributed by atoms with Gasteiger partial charge < -0.3 is 20.6 Å². The Bertz CT molecular complexity index is 640. The summed E-state index contributed by atoms with van der Waals surface area (Å²) < 4.78 is 11.0. The number of hydrogen-bond acceptors (Lipinski definition) is 8. The van der Waals surface area contributed by atoms with E-state index in [0.29, 0.717) is 42.1 Å². The maximum absolute atomic E-state index is 7.45. The number of nitrogens with one attached hydrogen (secondary N) is 2. The van der Waals surface area contributed by atoms with Gasteiger partial charge in [-0.05, 0) is 26.2 Å². The fraction of sp³-hybridized carbons (Fsp3) is 0.375. The zero-order chi connectivity index (χ0) is 18.1. The first kappa shape index (κ1) is 18.2.